The highest BCUT2D eigenvalue weighted by Crippen LogP contribution is 2.40. The number of carbonyl (C=O) groups is 1. The highest BCUT2D eigenvalue weighted by atomic mass is 35.5. The van der Waals surface area contributed by atoms with Gasteiger partial charge in [-0.2, -0.15) is 26.3 Å². The fourth-order valence-electron chi connectivity index (χ4n) is 2.67. The molecule has 10 heteroatoms. The zero-order valence-electron chi connectivity index (χ0n) is 14.8. The van der Waals surface area contributed by atoms with E-state index < -0.39 is 52.3 Å². The molecule has 0 spiro atoms. The molecule has 0 heterocycles. The summed E-state index contributed by atoms with van der Waals surface area (Å²) in [5.74, 6) is -6.05. The maximum atomic E-state index is 14.6. The number of alkyl halides is 6. The summed E-state index contributed by atoms with van der Waals surface area (Å²) in [4.78, 5) is 11.0. The normalized spacial score (nSPS) is 13.8. The van der Waals surface area contributed by atoms with Gasteiger partial charge < -0.3 is 5.11 Å². The maximum Gasteiger partial charge on any atom is 0.417 e. The van der Waals surface area contributed by atoms with E-state index in [1.54, 1.807) is 0 Å². The van der Waals surface area contributed by atoms with Crippen LogP contribution in [0.25, 0.3) is 11.9 Å². The second kappa shape index (κ2) is 8.51. The van der Waals surface area contributed by atoms with E-state index in [-0.39, 0.29) is 22.7 Å². The molecular formula is C20H12ClF7O2. The molecule has 0 saturated heterocycles. The van der Waals surface area contributed by atoms with Crippen molar-refractivity contribution in [3.8, 4) is 0 Å². The van der Waals surface area contributed by atoms with Gasteiger partial charge in [-0.25, -0.2) is 9.18 Å². The fourth-order valence-corrected chi connectivity index (χ4v) is 2.92. The number of allylic oxidation sites excluding steroid dienone is 1. The summed E-state index contributed by atoms with van der Waals surface area (Å²) in [6, 6.07) is 4.62. The van der Waals surface area contributed by atoms with Crippen LogP contribution in [-0.4, -0.2) is 17.3 Å². The van der Waals surface area contributed by atoms with Crippen LogP contribution in [0.4, 0.5) is 30.7 Å². The number of carboxylic acids is 1. The Morgan fingerprint density at radius 1 is 1.07 bits per heavy atom. The van der Waals surface area contributed by atoms with E-state index in [4.69, 9.17) is 16.7 Å². The van der Waals surface area contributed by atoms with Crippen LogP contribution in [-0.2, 0) is 6.18 Å². The number of hydrogen-bond acceptors (Lipinski definition) is 1. The van der Waals surface area contributed by atoms with Gasteiger partial charge in [-0.15, -0.1) is 0 Å². The molecule has 0 aliphatic rings. The highest BCUT2D eigenvalue weighted by molar-refractivity contribution is 6.30. The first kappa shape index (κ1) is 23.5. The van der Waals surface area contributed by atoms with Crippen LogP contribution in [0.5, 0.6) is 0 Å². The molecule has 2 rings (SSSR count). The van der Waals surface area contributed by atoms with Gasteiger partial charge in [0.1, 0.15) is 11.7 Å². The van der Waals surface area contributed by atoms with Crippen LogP contribution >= 0.6 is 11.6 Å². The Morgan fingerprint density at radius 3 is 2.20 bits per heavy atom. The number of rotatable bonds is 5. The molecule has 30 heavy (non-hydrogen) atoms. The van der Waals surface area contributed by atoms with Crippen molar-refractivity contribution in [2.45, 2.75) is 18.3 Å². The molecule has 1 N–H and O–H groups in total. The Balaban J connectivity index is 2.62. The standard InChI is InChI=1S/C20H12ClF7O2/c1-2-10-5-12(7-13(21)6-10)15(19(23,24)25)9-17(22)11-3-4-14(18(29)30)16(8-11)20(26,27)28/h2-9,15H,1H2,(H,29,30)/b17-9-. The van der Waals surface area contributed by atoms with Crippen molar-refractivity contribution in [3.63, 3.8) is 0 Å². The Hall–Kier alpha value is -2.81. The summed E-state index contributed by atoms with van der Waals surface area (Å²) < 4.78 is 94.5. The van der Waals surface area contributed by atoms with Gasteiger partial charge >= 0.3 is 18.3 Å². The lowest BCUT2D eigenvalue weighted by Gasteiger charge is -2.19. The quantitative estimate of drug-likeness (QED) is 0.481. The van der Waals surface area contributed by atoms with Gasteiger partial charge in [0.05, 0.1) is 11.1 Å². The first-order chi connectivity index (χ1) is 13.7. The van der Waals surface area contributed by atoms with Crippen LogP contribution < -0.4 is 0 Å². The molecule has 2 aromatic carbocycles. The molecule has 2 aromatic rings. The topological polar surface area (TPSA) is 37.3 Å². The van der Waals surface area contributed by atoms with Gasteiger partial charge in [0.25, 0.3) is 0 Å². The lowest BCUT2D eigenvalue weighted by Crippen LogP contribution is -2.19. The molecule has 0 radical (unpaired) electrons. The first-order valence-corrected chi connectivity index (χ1v) is 8.43. The van der Waals surface area contributed by atoms with Crippen molar-refractivity contribution in [1.82, 2.24) is 0 Å². The van der Waals surface area contributed by atoms with Crippen LogP contribution in [0.1, 0.15) is 38.5 Å². The number of hydrogen-bond donors (Lipinski definition) is 1. The third-order valence-corrected chi connectivity index (χ3v) is 4.25. The lowest BCUT2D eigenvalue weighted by atomic mass is 9.94. The second-order valence-electron chi connectivity index (χ2n) is 6.12. The molecule has 0 fully saturated rings. The molecule has 0 bridgehead atoms. The third kappa shape index (κ3) is 5.41. The minimum atomic E-state index is -5.15. The minimum absolute atomic E-state index is 0.0735. The van der Waals surface area contributed by atoms with Crippen LogP contribution in [0, 0.1) is 0 Å². The maximum absolute atomic E-state index is 14.6. The molecule has 2 nitrogen and oxygen atoms in total. The van der Waals surface area contributed by atoms with E-state index in [1.807, 2.05) is 0 Å². The Labute approximate surface area is 170 Å². The third-order valence-electron chi connectivity index (χ3n) is 4.03. The summed E-state index contributed by atoms with van der Waals surface area (Å²) in [7, 11) is 0. The predicted octanol–water partition coefficient (Wildman–Crippen LogP) is 7.36. The number of halogens is 8. The van der Waals surface area contributed by atoms with Crippen molar-refractivity contribution in [1.29, 1.82) is 0 Å². The van der Waals surface area contributed by atoms with Crippen molar-refractivity contribution < 1.29 is 40.6 Å². The van der Waals surface area contributed by atoms with Gasteiger partial charge in [-0.05, 0) is 41.5 Å². The van der Waals surface area contributed by atoms with E-state index >= 15 is 0 Å². The van der Waals surface area contributed by atoms with E-state index in [0.717, 1.165) is 12.1 Å². The smallest absolute Gasteiger partial charge is 0.417 e. The zero-order valence-corrected chi connectivity index (χ0v) is 15.5. The van der Waals surface area contributed by atoms with Crippen LogP contribution in [0.3, 0.4) is 0 Å². The molecular weight excluding hydrogens is 441 g/mol. The van der Waals surface area contributed by atoms with Crippen molar-refractivity contribution in [3.05, 3.63) is 81.9 Å². The van der Waals surface area contributed by atoms with E-state index in [0.29, 0.717) is 12.1 Å². The summed E-state index contributed by atoms with van der Waals surface area (Å²) in [5, 5.41) is 8.78. The lowest BCUT2D eigenvalue weighted by molar-refractivity contribution is -0.140. The average Bonchev–Trinajstić information content (AvgIpc) is 2.63. The summed E-state index contributed by atoms with van der Waals surface area (Å²) in [6.45, 7) is 3.41. The molecule has 0 aliphatic carbocycles. The van der Waals surface area contributed by atoms with Gasteiger partial charge in [0, 0.05) is 10.6 Å². The minimum Gasteiger partial charge on any atom is -0.478 e. The Kier molecular flexibility index (Phi) is 6.66. The highest BCUT2D eigenvalue weighted by Gasteiger charge is 2.40. The fraction of sp³-hybridized carbons (Fsp3) is 0.150. The molecule has 160 valence electrons. The molecule has 0 aromatic heterocycles. The average molecular weight is 453 g/mol. The molecule has 0 aliphatic heterocycles. The van der Waals surface area contributed by atoms with Gasteiger partial charge in [-0.3, -0.25) is 0 Å². The van der Waals surface area contributed by atoms with E-state index in [2.05, 4.69) is 6.58 Å². The zero-order chi connectivity index (χ0) is 22.9. The molecule has 0 amide bonds. The molecule has 0 saturated carbocycles. The predicted molar refractivity (Wildman–Crippen MR) is 97.8 cm³/mol. The van der Waals surface area contributed by atoms with E-state index in [9.17, 15) is 35.5 Å². The Morgan fingerprint density at radius 2 is 1.70 bits per heavy atom. The van der Waals surface area contributed by atoms with Crippen LogP contribution in [0.2, 0.25) is 5.02 Å². The van der Waals surface area contributed by atoms with Crippen molar-refractivity contribution in [2.24, 2.45) is 0 Å². The SMILES string of the molecule is C=Cc1cc(Cl)cc(C(/C=C(\F)c2ccc(C(=O)O)c(C(F)(F)F)c2)C(F)(F)F)c1. The van der Waals surface area contributed by atoms with Crippen molar-refractivity contribution in [2.75, 3.05) is 0 Å². The first-order valence-electron chi connectivity index (χ1n) is 8.06. The van der Waals surface area contributed by atoms with Gasteiger partial charge in [0.2, 0.25) is 0 Å². The van der Waals surface area contributed by atoms with Crippen molar-refractivity contribution >= 4 is 29.5 Å². The monoisotopic (exact) mass is 452 g/mol. The summed E-state index contributed by atoms with van der Waals surface area (Å²) >= 11 is 5.78. The van der Waals surface area contributed by atoms with Gasteiger partial charge in [-0.1, -0.05) is 36.4 Å². The number of aromatic carboxylic acids is 1. The summed E-state index contributed by atoms with van der Waals surface area (Å²) in [6.07, 6.45) is -8.81. The largest absolute Gasteiger partial charge is 0.478 e. The molecule has 1 atom stereocenters. The van der Waals surface area contributed by atoms with Gasteiger partial charge in [0.15, 0.2) is 0 Å². The number of benzene rings is 2. The van der Waals surface area contributed by atoms with Crippen LogP contribution in [0.15, 0.2) is 49.1 Å². The molecule has 1 unspecified atom stereocenters. The summed E-state index contributed by atoms with van der Waals surface area (Å²) in [5.41, 5.74) is -3.91. The second-order valence-corrected chi connectivity index (χ2v) is 6.56. The number of carboxylic acid groups (broad SMARTS) is 1. The Bertz CT molecular complexity index is 1010. The van der Waals surface area contributed by atoms with E-state index in [1.165, 1.54) is 12.1 Å².